The minimum Gasteiger partial charge on any atom is -0.424 e. The number of thiazole rings is 1. The number of rotatable bonds is 6. The van der Waals surface area contributed by atoms with E-state index in [1.807, 2.05) is 18.3 Å². The summed E-state index contributed by atoms with van der Waals surface area (Å²) < 4.78 is 59.6. The van der Waals surface area contributed by atoms with Crippen LogP contribution in [0.1, 0.15) is 6.42 Å². The highest BCUT2D eigenvalue weighted by molar-refractivity contribution is 7.18. The van der Waals surface area contributed by atoms with Gasteiger partial charge >= 0.3 is 12.0 Å². The molecule has 0 atom stereocenters. The lowest BCUT2D eigenvalue weighted by Crippen LogP contribution is -2.36. The van der Waals surface area contributed by atoms with Crippen molar-refractivity contribution in [1.29, 1.82) is 0 Å². The fraction of sp³-hybridized carbons (Fsp3) is 0.130. The Bertz CT molecular complexity index is 1390. The Morgan fingerprint density at radius 3 is 2.19 bits per heavy atom. The van der Waals surface area contributed by atoms with Crippen molar-refractivity contribution in [2.24, 2.45) is 0 Å². The quantitative estimate of drug-likeness (QED) is 0.249. The summed E-state index contributed by atoms with van der Waals surface area (Å²) in [5.74, 6) is -6.29. The molecule has 36 heavy (non-hydrogen) atoms. The predicted octanol–water partition coefficient (Wildman–Crippen LogP) is 5.80. The van der Waals surface area contributed by atoms with Gasteiger partial charge in [0.05, 0.1) is 23.0 Å². The molecule has 2 aromatic carbocycles. The van der Waals surface area contributed by atoms with Gasteiger partial charge in [-0.2, -0.15) is 0 Å². The van der Waals surface area contributed by atoms with Crippen molar-refractivity contribution in [3.63, 3.8) is 0 Å². The number of urea groups is 1. The average Bonchev–Trinajstić information content (AvgIpc) is 3.30. The molecule has 0 aliphatic carbocycles. The molecule has 0 radical (unpaired) electrons. The largest absolute Gasteiger partial charge is 0.424 e. The van der Waals surface area contributed by atoms with Crippen molar-refractivity contribution in [2.45, 2.75) is 6.42 Å². The van der Waals surface area contributed by atoms with Crippen LogP contribution in [0.4, 0.5) is 38.9 Å². The van der Waals surface area contributed by atoms with Crippen LogP contribution in [0.2, 0.25) is 0 Å². The molecule has 2 amide bonds. The van der Waals surface area contributed by atoms with E-state index in [4.69, 9.17) is 4.74 Å². The molecule has 2 aromatic heterocycles. The molecule has 184 valence electrons. The number of carbonyl (C=O) groups is 1. The SMILES string of the molecule is O=C(Nc1cnc(Oc2ccc(-c3cnc(N4CCC4)s3)cc2)nc1)Nc1c(F)c(F)cc(F)c1F. The van der Waals surface area contributed by atoms with Gasteiger partial charge < -0.3 is 20.3 Å². The number of carbonyl (C=O) groups excluding carboxylic acids is 1. The van der Waals surface area contributed by atoms with Crippen LogP contribution in [0.5, 0.6) is 11.8 Å². The van der Waals surface area contributed by atoms with E-state index in [0.717, 1.165) is 28.7 Å². The van der Waals surface area contributed by atoms with Crippen molar-refractivity contribution >= 4 is 33.9 Å². The number of ether oxygens (including phenoxy) is 1. The Kier molecular flexibility index (Phi) is 6.38. The molecule has 8 nitrogen and oxygen atoms in total. The van der Waals surface area contributed by atoms with Crippen molar-refractivity contribution in [1.82, 2.24) is 15.0 Å². The third-order valence-corrected chi connectivity index (χ3v) is 6.31. The molecular weight excluding hydrogens is 500 g/mol. The molecule has 1 saturated heterocycles. The second-order valence-corrected chi connectivity index (χ2v) is 8.66. The molecule has 1 aliphatic rings. The Morgan fingerprint density at radius 1 is 0.917 bits per heavy atom. The summed E-state index contributed by atoms with van der Waals surface area (Å²) in [6, 6.07) is 6.14. The topological polar surface area (TPSA) is 92.3 Å². The summed E-state index contributed by atoms with van der Waals surface area (Å²) in [4.78, 5) is 27.6. The Hall–Kier alpha value is -4.26. The fourth-order valence-electron chi connectivity index (χ4n) is 3.24. The van der Waals surface area contributed by atoms with Gasteiger partial charge in [0.2, 0.25) is 0 Å². The molecule has 0 bridgehead atoms. The lowest BCUT2D eigenvalue weighted by atomic mass is 10.2. The van der Waals surface area contributed by atoms with Crippen LogP contribution >= 0.6 is 11.3 Å². The monoisotopic (exact) mass is 516 g/mol. The molecule has 5 rings (SSSR count). The second kappa shape index (κ2) is 9.77. The van der Waals surface area contributed by atoms with E-state index in [9.17, 15) is 22.4 Å². The Balaban J connectivity index is 1.19. The van der Waals surface area contributed by atoms with E-state index in [2.05, 4.69) is 25.2 Å². The molecule has 0 saturated carbocycles. The zero-order valence-electron chi connectivity index (χ0n) is 18.3. The highest BCUT2D eigenvalue weighted by Gasteiger charge is 2.21. The maximum atomic E-state index is 13.7. The number of halogens is 4. The normalized spacial score (nSPS) is 12.7. The van der Waals surface area contributed by atoms with E-state index < -0.39 is 35.0 Å². The van der Waals surface area contributed by atoms with Gasteiger partial charge in [0.15, 0.2) is 28.4 Å². The predicted molar refractivity (Wildman–Crippen MR) is 125 cm³/mol. The summed E-state index contributed by atoms with van der Waals surface area (Å²) in [5, 5.41) is 4.93. The molecule has 1 aliphatic heterocycles. The van der Waals surface area contributed by atoms with E-state index >= 15 is 0 Å². The summed E-state index contributed by atoms with van der Waals surface area (Å²) in [6.45, 7) is 2.06. The molecule has 3 heterocycles. The number of amides is 2. The zero-order valence-corrected chi connectivity index (χ0v) is 19.1. The van der Waals surface area contributed by atoms with Crippen LogP contribution in [0, 0.1) is 23.3 Å². The van der Waals surface area contributed by atoms with Gasteiger partial charge in [-0.3, -0.25) is 0 Å². The molecule has 4 aromatic rings. The first-order chi connectivity index (χ1) is 17.4. The highest BCUT2D eigenvalue weighted by atomic mass is 32.1. The lowest BCUT2D eigenvalue weighted by Gasteiger charge is -2.30. The van der Waals surface area contributed by atoms with Gasteiger partial charge in [-0.25, -0.2) is 37.3 Å². The number of nitrogens with zero attached hydrogens (tertiary/aromatic N) is 4. The minimum atomic E-state index is -1.73. The average molecular weight is 516 g/mol. The number of aromatic nitrogens is 3. The highest BCUT2D eigenvalue weighted by Crippen LogP contribution is 2.34. The van der Waals surface area contributed by atoms with Gasteiger partial charge in [0.1, 0.15) is 11.4 Å². The maximum absolute atomic E-state index is 13.7. The molecule has 1 fully saturated rings. The van der Waals surface area contributed by atoms with Crippen LogP contribution in [-0.4, -0.2) is 34.1 Å². The smallest absolute Gasteiger partial charge is 0.323 e. The minimum absolute atomic E-state index is 0.0177. The van der Waals surface area contributed by atoms with Crippen LogP contribution < -0.4 is 20.3 Å². The molecule has 0 spiro atoms. The van der Waals surface area contributed by atoms with E-state index in [0.29, 0.717) is 5.75 Å². The number of benzene rings is 2. The van der Waals surface area contributed by atoms with Crippen molar-refractivity contribution in [2.75, 3.05) is 28.6 Å². The fourth-order valence-corrected chi connectivity index (χ4v) is 4.21. The summed E-state index contributed by atoms with van der Waals surface area (Å²) >= 11 is 1.62. The zero-order chi connectivity index (χ0) is 25.2. The maximum Gasteiger partial charge on any atom is 0.323 e. The van der Waals surface area contributed by atoms with Crippen molar-refractivity contribution in [3.8, 4) is 22.2 Å². The second-order valence-electron chi connectivity index (χ2n) is 7.65. The third kappa shape index (κ3) is 4.91. The third-order valence-electron chi connectivity index (χ3n) is 5.20. The molecular formula is C23H16F4N6O2S. The van der Waals surface area contributed by atoms with Gasteiger partial charge in [-0.05, 0) is 36.2 Å². The van der Waals surface area contributed by atoms with Crippen molar-refractivity contribution in [3.05, 3.63) is 72.2 Å². The van der Waals surface area contributed by atoms with Crippen molar-refractivity contribution < 1.29 is 27.1 Å². The van der Waals surface area contributed by atoms with Gasteiger partial charge in [-0.1, -0.05) is 11.3 Å². The molecule has 2 N–H and O–H groups in total. The Morgan fingerprint density at radius 2 is 1.58 bits per heavy atom. The number of hydrogen-bond donors (Lipinski definition) is 2. The first-order valence-corrected chi connectivity index (χ1v) is 11.4. The van der Waals surface area contributed by atoms with Gasteiger partial charge in [-0.15, -0.1) is 0 Å². The van der Waals surface area contributed by atoms with Crippen LogP contribution in [0.25, 0.3) is 10.4 Å². The van der Waals surface area contributed by atoms with Crippen LogP contribution in [-0.2, 0) is 0 Å². The number of anilines is 3. The first-order valence-electron chi connectivity index (χ1n) is 10.6. The summed E-state index contributed by atoms with van der Waals surface area (Å²) in [6.07, 6.45) is 5.39. The summed E-state index contributed by atoms with van der Waals surface area (Å²) in [5.41, 5.74) is -0.232. The number of hydrogen-bond acceptors (Lipinski definition) is 7. The van der Waals surface area contributed by atoms with Crippen LogP contribution in [0.15, 0.2) is 48.9 Å². The molecule has 0 unspecified atom stereocenters. The Labute approximate surface area is 205 Å². The molecule has 13 heteroatoms. The lowest BCUT2D eigenvalue weighted by molar-refractivity contribution is 0.262. The van der Waals surface area contributed by atoms with Gasteiger partial charge in [0.25, 0.3) is 0 Å². The summed E-state index contributed by atoms with van der Waals surface area (Å²) in [7, 11) is 0. The first kappa shape index (κ1) is 23.5. The van der Waals surface area contributed by atoms with Gasteiger partial charge in [0, 0.05) is 25.4 Å². The van der Waals surface area contributed by atoms with E-state index in [1.54, 1.807) is 28.8 Å². The standard InChI is InChI=1S/C23H16F4N6O2S/c24-15-8-16(25)19(27)20(18(15)26)32-21(34)31-13-9-28-22(29-10-13)35-14-4-2-12(3-5-14)17-11-30-23(36-17)33-6-1-7-33/h2-5,8-11H,1,6-7H2,(H2,31,32,34). The number of nitrogens with one attached hydrogen (secondary N) is 2. The van der Waals surface area contributed by atoms with E-state index in [-0.39, 0.29) is 17.8 Å². The van der Waals surface area contributed by atoms with Crippen LogP contribution in [0.3, 0.4) is 0 Å². The van der Waals surface area contributed by atoms with E-state index in [1.165, 1.54) is 18.8 Å².